The van der Waals surface area contributed by atoms with Gasteiger partial charge in [0.2, 0.25) is 0 Å². The van der Waals surface area contributed by atoms with Crippen LogP contribution < -0.4 is 0 Å². The van der Waals surface area contributed by atoms with Crippen LogP contribution in [-0.4, -0.2) is 31.6 Å². The van der Waals surface area contributed by atoms with Gasteiger partial charge >= 0.3 is 5.97 Å². The molecule has 0 N–H and O–H groups in total. The summed E-state index contributed by atoms with van der Waals surface area (Å²) in [6.45, 7) is 0.900. The third-order valence-corrected chi connectivity index (χ3v) is 2.95. The number of hydrogen-bond acceptors (Lipinski definition) is 3. The molecule has 0 spiro atoms. The number of hydrogen-bond donors (Lipinski definition) is 0. The fraction of sp³-hybridized carbons (Fsp3) is 0.417. The van der Waals surface area contributed by atoms with Crippen molar-refractivity contribution in [2.24, 2.45) is 0 Å². The Morgan fingerprint density at radius 3 is 2.93 bits per heavy atom. The molecule has 0 aliphatic carbocycles. The molecule has 1 atom stereocenters. The number of esters is 1. The molecular weight excluding hydrogens is 190 g/mol. The first-order valence-corrected chi connectivity index (χ1v) is 5.10. The molecule has 1 heterocycles. The normalized spacial score (nSPS) is 20.8. The molecule has 80 valence electrons. The van der Waals surface area contributed by atoms with E-state index in [-0.39, 0.29) is 12.0 Å². The fourth-order valence-corrected chi connectivity index (χ4v) is 2.11. The predicted molar refractivity (Wildman–Crippen MR) is 57.5 cm³/mol. The Bertz CT molecular complexity index is 376. The number of rotatable bonds is 1. The summed E-state index contributed by atoms with van der Waals surface area (Å²) in [6.07, 6.45) is 1.00. The molecule has 3 heteroatoms. The van der Waals surface area contributed by atoms with Crippen molar-refractivity contribution in [2.45, 2.75) is 12.5 Å². The Hall–Kier alpha value is -1.35. The van der Waals surface area contributed by atoms with Gasteiger partial charge < -0.3 is 4.74 Å². The highest BCUT2D eigenvalue weighted by Crippen LogP contribution is 2.28. The number of carbonyl (C=O) groups excluding carboxylic acids is 1. The zero-order valence-corrected chi connectivity index (χ0v) is 9.06. The summed E-state index contributed by atoms with van der Waals surface area (Å²) >= 11 is 0. The third kappa shape index (κ3) is 1.75. The molecule has 15 heavy (non-hydrogen) atoms. The van der Waals surface area contributed by atoms with Gasteiger partial charge in [-0.2, -0.15) is 0 Å². The first-order valence-electron chi connectivity index (χ1n) is 5.10. The van der Waals surface area contributed by atoms with E-state index in [1.165, 1.54) is 12.7 Å². The van der Waals surface area contributed by atoms with Crippen LogP contribution in [0.5, 0.6) is 0 Å². The van der Waals surface area contributed by atoms with Crippen molar-refractivity contribution < 1.29 is 9.53 Å². The number of nitrogens with zero attached hydrogens (tertiary/aromatic N) is 1. The Kier molecular flexibility index (Phi) is 2.73. The molecule has 1 aromatic rings. The van der Waals surface area contributed by atoms with E-state index >= 15 is 0 Å². The standard InChI is InChI=1S/C12H15NO2/c1-13-8-7-9-5-3-4-6-10(9)11(13)12(14)15-2/h3-6,11H,7-8H2,1-2H3. The Balaban J connectivity index is 2.41. The average Bonchev–Trinajstić information content (AvgIpc) is 2.28. The van der Waals surface area contributed by atoms with Gasteiger partial charge in [-0.3, -0.25) is 4.90 Å². The molecule has 1 unspecified atom stereocenters. The molecule has 0 radical (unpaired) electrons. The van der Waals surface area contributed by atoms with Gasteiger partial charge in [0.05, 0.1) is 7.11 Å². The lowest BCUT2D eigenvalue weighted by Gasteiger charge is -2.32. The van der Waals surface area contributed by atoms with Crippen LogP contribution in [0.25, 0.3) is 0 Å². The Morgan fingerprint density at radius 1 is 1.47 bits per heavy atom. The van der Waals surface area contributed by atoms with Crippen molar-refractivity contribution in [3.8, 4) is 0 Å². The molecule has 1 aromatic carbocycles. The molecule has 0 amide bonds. The second-order valence-corrected chi connectivity index (χ2v) is 3.86. The molecule has 1 aliphatic heterocycles. The average molecular weight is 205 g/mol. The van der Waals surface area contributed by atoms with E-state index in [2.05, 4.69) is 6.07 Å². The van der Waals surface area contributed by atoms with Crippen LogP contribution in [0.2, 0.25) is 0 Å². The number of fused-ring (bicyclic) bond motifs is 1. The van der Waals surface area contributed by atoms with Crippen LogP contribution in [0.1, 0.15) is 17.2 Å². The fourth-order valence-electron chi connectivity index (χ4n) is 2.11. The summed E-state index contributed by atoms with van der Waals surface area (Å²) in [5.74, 6) is -0.176. The van der Waals surface area contributed by atoms with Crippen molar-refractivity contribution in [3.63, 3.8) is 0 Å². The van der Waals surface area contributed by atoms with E-state index in [0.29, 0.717) is 0 Å². The SMILES string of the molecule is COC(=O)C1c2ccccc2CCN1C. The molecule has 1 aliphatic rings. The summed E-state index contributed by atoms with van der Waals surface area (Å²) < 4.78 is 4.84. The van der Waals surface area contributed by atoms with Crippen LogP contribution in [0.15, 0.2) is 24.3 Å². The molecule has 2 rings (SSSR count). The molecule has 0 fully saturated rings. The Morgan fingerprint density at radius 2 is 2.20 bits per heavy atom. The largest absolute Gasteiger partial charge is 0.468 e. The quantitative estimate of drug-likeness (QED) is 0.649. The van der Waals surface area contributed by atoms with Crippen molar-refractivity contribution in [1.29, 1.82) is 0 Å². The maximum atomic E-state index is 11.7. The minimum absolute atomic E-state index is 0.176. The van der Waals surface area contributed by atoms with Crippen molar-refractivity contribution >= 4 is 5.97 Å². The minimum Gasteiger partial charge on any atom is -0.468 e. The van der Waals surface area contributed by atoms with Crippen LogP contribution in [0.4, 0.5) is 0 Å². The van der Waals surface area contributed by atoms with Gasteiger partial charge in [-0.05, 0) is 24.6 Å². The Labute approximate surface area is 89.7 Å². The third-order valence-electron chi connectivity index (χ3n) is 2.95. The van der Waals surface area contributed by atoms with Crippen LogP contribution in [-0.2, 0) is 16.0 Å². The van der Waals surface area contributed by atoms with E-state index in [1.807, 2.05) is 30.1 Å². The highest BCUT2D eigenvalue weighted by molar-refractivity contribution is 5.78. The summed E-state index contributed by atoms with van der Waals surface area (Å²) in [7, 11) is 3.39. The van der Waals surface area contributed by atoms with Crippen molar-refractivity contribution in [3.05, 3.63) is 35.4 Å². The van der Waals surface area contributed by atoms with Gasteiger partial charge in [0.1, 0.15) is 6.04 Å². The predicted octanol–water partition coefficient (Wildman–Crippen LogP) is 1.39. The van der Waals surface area contributed by atoms with Gasteiger partial charge in [0.25, 0.3) is 0 Å². The summed E-state index contributed by atoms with van der Waals surface area (Å²) in [5.41, 5.74) is 2.34. The maximum Gasteiger partial charge on any atom is 0.327 e. The van der Waals surface area contributed by atoms with Gasteiger partial charge in [-0.1, -0.05) is 24.3 Å². The van der Waals surface area contributed by atoms with Gasteiger partial charge in [0, 0.05) is 6.54 Å². The lowest BCUT2D eigenvalue weighted by molar-refractivity contribution is -0.147. The highest BCUT2D eigenvalue weighted by atomic mass is 16.5. The highest BCUT2D eigenvalue weighted by Gasteiger charge is 2.30. The van der Waals surface area contributed by atoms with Crippen molar-refractivity contribution in [1.82, 2.24) is 4.90 Å². The molecule has 3 nitrogen and oxygen atoms in total. The number of likely N-dealkylation sites (N-methyl/N-ethyl adjacent to an activating group) is 1. The molecule has 0 saturated heterocycles. The van der Waals surface area contributed by atoms with Gasteiger partial charge in [-0.15, -0.1) is 0 Å². The smallest absolute Gasteiger partial charge is 0.327 e. The van der Waals surface area contributed by atoms with Crippen LogP contribution in [0.3, 0.4) is 0 Å². The lowest BCUT2D eigenvalue weighted by Crippen LogP contribution is -2.37. The van der Waals surface area contributed by atoms with E-state index < -0.39 is 0 Å². The summed E-state index contributed by atoms with van der Waals surface area (Å²) in [5, 5.41) is 0. The lowest BCUT2D eigenvalue weighted by atomic mass is 9.93. The van der Waals surface area contributed by atoms with Crippen molar-refractivity contribution in [2.75, 3.05) is 20.7 Å². The zero-order chi connectivity index (χ0) is 10.8. The van der Waals surface area contributed by atoms with Gasteiger partial charge in [0.15, 0.2) is 0 Å². The first-order chi connectivity index (χ1) is 7.24. The van der Waals surface area contributed by atoms with Crippen LogP contribution >= 0.6 is 0 Å². The van der Waals surface area contributed by atoms with Gasteiger partial charge in [-0.25, -0.2) is 4.79 Å². The number of ether oxygens (including phenoxy) is 1. The number of carbonyl (C=O) groups is 1. The molecule has 0 aromatic heterocycles. The zero-order valence-electron chi connectivity index (χ0n) is 9.06. The summed E-state index contributed by atoms with van der Waals surface area (Å²) in [6, 6.07) is 7.83. The monoisotopic (exact) mass is 205 g/mol. The van der Waals surface area contributed by atoms with E-state index in [0.717, 1.165) is 18.5 Å². The molecular formula is C12H15NO2. The second-order valence-electron chi connectivity index (χ2n) is 3.86. The minimum atomic E-state index is -0.236. The second kappa shape index (κ2) is 4.03. The molecule has 0 bridgehead atoms. The topological polar surface area (TPSA) is 29.5 Å². The van der Waals surface area contributed by atoms with E-state index in [1.54, 1.807) is 0 Å². The maximum absolute atomic E-state index is 11.7. The number of benzene rings is 1. The van der Waals surface area contributed by atoms with E-state index in [9.17, 15) is 4.79 Å². The van der Waals surface area contributed by atoms with E-state index in [4.69, 9.17) is 4.74 Å². The molecule has 0 saturated carbocycles. The summed E-state index contributed by atoms with van der Waals surface area (Å²) in [4.78, 5) is 13.7. The van der Waals surface area contributed by atoms with Crippen LogP contribution in [0, 0.1) is 0 Å². The first kappa shape index (κ1) is 10.2. The number of methoxy groups -OCH3 is 1.